The number of rotatable bonds is 5. The van der Waals surface area contributed by atoms with Gasteiger partial charge < -0.3 is 5.11 Å². The van der Waals surface area contributed by atoms with Gasteiger partial charge >= 0.3 is 5.97 Å². The molecule has 0 aromatic carbocycles. The van der Waals surface area contributed by atoms with Gasteiger partial charge in [0.05, 0.1) is 5.56 Å². The Bertz CT molecular complexity index is 504. The summed E-state index contributed by atoms with van der Waals surface area (Å²) in [5, 5.41) is 10.0. The highest BCUT2D eigenvalue weighted by Gasteiger charge is 2.22. The van der Waals surface area contributed by atoms with Gasteiger partial charge in [-0.05, 0) is 18.9 Å². The Morgan fingerprint density at radius 3 is 2.41 bits per heavy atom. The van der Waals surface area contributed by atoms with E-state index in [2.05, 4.69) is 4.72 Å². The highest BCUT2D eigenvalue weighted by molar-refractivity contribution is 7.91. The van der Waals surface area contributed by atoms with Gasteiger partial charge in [0.15, 0.2) is 0 Å². The van der Waals surface area contributed by atoms with Gasteiger partial charge in [-0.1, -0.05) is 13.8 Å². The zero-order valence-electron chi connectivity index (χ0n) is 9.80. The van der Waals surface area contributed by atoms with Crippen LogP contribution < -0.4 is 4.72 Å². The summed E-state index contributed by atoms with van der Waals surface area (Å²) < 4.78 is 26.3. The molecule has 0 fully saturated rings. The Morgan fingerprint density at radius 1 is 1.41 bits per heavy atom. The first-order valence-corrected chi connectivity index (χ1v) is 7.44. The fourth-order valence-corrected chi connectivity index (χ4v) is 3.57. The van der Waals surface area contributed by atoms with Crippen LogP contribution in [0.1, 0.15) is 31.1 Å². The molecule has 0 bridgehead atoms. The predicted octanol–water partition coefficient (Wildman–Crippen LogP) is 1.77. The predicted molar refractivity (Wildman–Crippen MR) is 65.9 cm³/mol. The summed E-state index contributed by atoms with van der Waals surface area (Å²) in [6.07, 6.45) is 0. The number of carboxylic acid groups (broad SMARTS) is 1. The molecule has 0 amide bonds. The van der Waals surface area contributed by atoms with Crippen molar-refractivity contribution in [3.63, 3.8) is 0 Å². The number of sulfonamides is 1. The molecule has 17 heavy (non-hydrogen) atoms. The third-order valence-electron chi connectivity index (χ3n) is 2.43. The van der Waals surface area contributed by atoms with Crippen LogP contribution in [0.25, 0.3) is 0 Å². The molecule has 1 atom stereocenters. The van der Waals surface area contributed by atoms with Crippen molar-refractivity contribution in [3.05, 3.63) is 17.0 Å². The van der Waals surface area contributed by atoms with E-state index in [-0.39, 0.29) is 21.7 Å². The third kappa shape index (κ3) is 3.52. The lowest BCUT2D eigenvalue weighted by Gasteiger charge is -2.16. The van der Waals surface area contributed by atoms with E-state index < -0.39 is 16.0 Å². The van der Waals surface area contributed by atoms with Crippen LogP contribution in [0.2, 0.25) is 0 Å². The van der Waals surface area contributed by atoms with E-state index in [9.17, 15) is 13.2 Å². The van der Waals surface area contributed by atoms with Crippen molar-refractivity contribution in [2.75, 3.05) is 0 Å². The molecule has 1 aromatic heterocycles. The molecule has 1 aromatic rings. The first kappa shape index (κ1) is 14.1. The van der Waals surface area contributed by atoms with E-state index in [0.717, 1.165) is 11.3 Å². The molecule has 0 aliphatic carbocycles. The summed E-state index contributed by atoms with van der Waals surface area (Å²) in [6.45, 7) is 5.59. The van der Waals surface area contributed by atoms with Gasteiger partial charge in [-0.2, -0.15) is 0 Å². The van der Waals surface area contributed by atoms with Crippen molar-refractivity contribution in [1.29, 1.82) is 0 Å². The largest absolute Gasteiger partial charge is 0.478 e. The topological polar surface area (TPSA) is 83.5 Å². The number of nitrogens with one attached hydrogen (secondary N) is 1. The molecular formula is C10H15NO4S2. The van der Waals surface area contributed by atoms with Gasteiger partial charge in [-0.3, -0.25) is 0 Å². The first-order chi connectivity index (χ1) is 7.74. The summed E-state index contributed by atoms with van der Waals surface area (Å²) in [4.78, 5) is 10.7. The maximum Gasteiger partial charge on any atom is 0.336 e. The molecule has 5 nitrogen and oxygen atoms in total. The van der Waals surface area contributed by atoms with Gasteiger partial charge in [0.2, 0.25) is 10.0 Å². The minimum Gasteiger partial charge on any atom is -0.478 e. The van der Waals surface area contributed by atoms with Gasteiger partial charge in [-0.25, -0.2) is 17.9 Å². The molecule has 1 unspecified atom stereocenters. The monoisotopic (exact) mass is 277 g/mol. The fraction of sp³-hybridized carbons (Fsp3) is 0.500. The molecule has 2 N–H and O–H groups in total. The Balaban J connectivity index is 2.93. The number of hydrogen-bond donors (Lipinski definition) is 2. The number of carbonyl (C=O) groups is 1. The van der Waals surface area contributed by atoms with Crippen LogP contribution in [-0.4, -0.2) is 25.5 Å². The normalized spacial score (nSPS) is 13.9. The Labute approximate surface area is 105 Å². The minimum atomic E-state index is -3.61. The molecule has 0 saturated carbocycles. The second-order valence-corrected chi connectivity index (χ2v) is 6.97. The van der Waals surface area contributed by atoms with Crippen LogP contribution in [0, 0.1) is 5.92 Å². The average molecular weight is 277 g/mol. The zero-order valence-corrected chi connectivity index (χ0v) is 11.4. The molecule has 0 saturated heterocycles. The number of carboxylic acids is 1. The lowest BCUT2D eigenvalue weighted by Crippen LogP contribution is -2.35. The zero-order chi connectivity index (χ0) is 13.2. The number of aromatic carboxylic acids is 1. The third-order valence-corrected chi connectivity index (χ3v) is 5.43. The average Bonchev–Trinajstić information content (AvgIpc) is 2.65. The van der Waals surface area contributed by atoms with Crippen LogP contribution in [0.5, 0.6) is 0 Å². The molecule has 7 heteroatoms. The summed E-state index contributed by atoms with van der Waals surface area (Å²) >= 11 is 0.907. The minimum absolute atomic E-state index is 0.00687. The standard InChI is InChI=1S/C10H15NO4S2/c1-6(2)7(3)11-17(14,15)9-4-8(5-16-9)10(12)13/h4-7,11H,1-3H3,(H,12,13). The van der Waals surface area contributed by atoms with Gasteiger partial charge in [0.25, 0.3) is 0 Å². The Hall–Kier alpha value is -0.920. The van der Waals surface area contributed by atoms with E-state index in [1.807, 2.05) is 13.8 Å². The van der Waals surface area contributed by atoms with E-state index in [4.69, 9.17) is 5.11 Å². The van der Waals surface area contributed by atoms with Gasteiger partial charge in [-0.15, -0.1) is 11.3 Å². The molecule has 0 spiro atoms. The first-order valence-electron chi connectivity index (χ1n) is 5.08. The summed E-state index contributed by atoms with van der Waals surface area (Å²) in [5.41, 5.74) is -0.00687. The molecule has 0 aliphatic heterocycles. The molecule has 0 radical (unpaired) electrons. The van der Waals surface area contributed by atoms with E-state index >= 15 is 0 Å². The Kier molecular flexibility index (Phi) is 4.29. The number of hydrogen-bond acceptors (Lipinski definition) is 4. The smallest absolute Gasteiger partial charge is 0.336 e. The van der Waals surface area contributed by atoms with Crippen LogP contribution in [0.4, 0.5) is 0 Å². The SMILES string of the molecule is CC(C)C(C)NS(=O)(=O)c1cc(C(=O)O)cs1. The van der Waals surface area contributed by atoms with Crippen LogP contribution >= 0.6 is 11.3 Å². The van der Waals surface area contributed by atoms with Gasteiger partial charge in [0, 0.05) is 11.4 Å². The molecule has 1 rings (SSSR count). The van der Waals surface area contributed by atoms with Crippen molar-refractivity contribution in [3.8, 4) is 0 Å². The van der Waals surface area contributed by atoms with Gasteiger partial charge in [0.1, 0.15) is 4.21 Å². The maximum absolute atomic E-state index is 11.9. The van der Waals surface area contributed by atoms with Crippen molar-refractivity contribution in [2.45, 2.75) is 31.0 Å². The van der Waals surface area contributed by atoms with Crippen molar-refractivity contribution < 1.29 is 18.3 Å². The summed E-state index contributed by atoms with van der Waals surface area (Å²) in [7, 11) is -3.61. The molecular weight excluding hydrogens is 262 g/mol. The highest BCUT2D eigenvalue weighted by Crippen LogP contribution is 2.21. The highest BCUT2D eigenvalue weighted by atomic mass is 32.2. The van der Waals surface area contributed by atoms with Crippen LogP contribution in [0.15, 0.2) is 15.7 Å². The molecule has 0 aliphatic rings. The second kappa shape index (κ2) is 5.16. The van der Waals surface area contributed by atoms with Crippen LogP contribution in [-0.2, 0) is 10.0 Å². The molecule has 96 valence electrons. The van der Waals surface area contributed by atoms with Crippen LogP contribution in [0.3, 0.4) is 0 Å². The summed E-state index contributed by atoms with van der Waals surface area (Å²) in [6, 6.07) is 0.970. The van der Waals surface area contributed by atoms with E-state index in [1.165, 1.54) is 11.4 Å². The fourth-order valence-electron chi connectivity index (χ4n) is 1.01. The number of thiophene rings is 1. The molecule has 1 heterocycles. The quantitative estimate of drug-likeness (QED) is 0.859. The van der Waals surface area contributed by atoms with Crippen molar-refractivity contribution >= 4 is 27.3 Å². The Morgan fingerprint density at radius 2 is 2.00 bits per heavy atom. The van der Waals surface area contributed by atoms with E-state index in [1.54, 1.807) is 6.92 Å². The van der Waals surface area contributed by atoms with Crippen molar-refractivity contribution in [1.82, 2.24) is 4.72 Å². The lowest BCUT2D eigenvalue weighted by atomic mass is 10.1. The van der Waals surface area contributed by atoms with Crippen molar-refractivity contribution in [2.24, 2.45) is 5.92 Å². The lowest BCUT2D eigenvalue weighted by molar-refractivity contribution is 0.0697. The summed E-state index contributed by atoms with van der Waals surface area (Å²) in [5.74, 6) is -0.955. The van der Waals surface area contributed by atoms with E-state index in [0.29, 0.717) is 0 Å². The second-order valence-electron chi connectivity index (χ2n) is 4.11. The maximum atomic E-state index is 11.9.